The van der Waals surface area contributed by atoms with E-state index in [2.05, 4.69) is 9.88 Å². The number of fused-ring (bicyclic) bond motifs is 1. The van der Waals surface area contributed by atoms with Crippen molar-refractivity contribution in [1.82, 2.24) is 9.29 Å². The van der Waals surface area contributed by atoms with Crippen LogP contribution in [0.5, 0.6) is 0 Å². The number of furan rings is 1. The van der Waals surface area contributed by atoms with Crippen molar-refractivity contribution in [2.75, 3.05) is 25.0 Å². The van der Waals surface area contributed by atoms with Crippen molar-refractivity contribution in [2.45, 2.75) is 37.0 Å². The molecule has 4 rings (SSSR count). The SMILES string of the molecule is CN(C1CCCN(c2nccc3occc23)C1)S(=O)(=O)C1CC1. The summed E-state index contributed by atoms with van der Waals surface area (Å²) in [5.74, 6) is 0.887. The molecule has 1 saturated heterocycles. The van der Waals surface area contributed by atoms with Gasteiger partial charge in [-0.05, 0) is 37.8 Å². The van der Waals surface area contributed by atoms with Gasteiger partial charge in [0.05, 0.1) is 16.9 Å². The Morgan fingerprint density at radius 1 is 1.30 bits per heavy atom. The van der Waals surface area contributed by atoms with E-state index in [0.717, 1.165) is 49.0 Å². The van der Waals surface area contributed by atoms with Crippen LogP contribution in [-0.2, 0) is 10.0 Å². The molecule has 0 bridgehead atoms. The van der Waals surface area contributed by atoms with Gasteiger partial charge in [-0.1, -0.05) is 0 Å². The Balaban J connectivity index is 1.58. The number of rotatable bonds is 4. The fourth-order valence-electron chi connectivity index (χ4n) is 3.38. The summed E-state index contributed by atoms with van der Waals surface area (Å²) in [6, 6.07) is 3.79. The minimum absolute atomic E-state index is 0.0123. The van der Waals surface area contributed by atoms with E-state index in [4.69, 9.17) is 4.42 Å². The number of anilines is 1. The van der Waals surface area contributed by atoms with Crippen LogP contribution < -0.4 is 4.90 Å². The van der Waals surface area contributed by atoms with Crippen LogP contribution in [0, 0.1) is 0 Å². The van der Waals surface area contributed by atoms with E-state index in [9.17, 15) is 8.42 Å². The third kappa shape index (κ3) is 2.61. The molecule has 1 aliphatic heterocycles. The van der Waals surface area contributed by atoms with Gasteiger partial charge in [0.1, 0.15) is 11.4 Å². The van der Waals surface area contributed by atoms with E-state index in [1.807, 2.05) is 12.1 Å². The average Bonchev–Trinajstić information content (AvgIpc) is 3.32. The third-order valence-electron chi connectivity index (χ3n) is 4.92. The Kier molecular flexibility index (Phi) is 3.57. The van der Waals surface area contributed by atoms with Crippen LogP contribution in [0.4, 0.5) is 5.82 Å². The topological polar surface area (TPSA) is 66.7 Å². The largest absolute Gasteiger partial charge is 0.464 e. The lowest BCUT2D eigenvalue weighted by Gasteiger charge is -2.37. The van der Waals surface area contributed by atoms with Crippen LogP contribution in [0.2, 0.25) is 0 Å². The predicted octanol–water partition coefficient (Wildman–Crippen LogP) is 2.22. The highest BCUT2D eigenvalue weighted by Gasteiger charge is 2.41. The first kappa shape index (κ1) is 15.0. The van der Waals surface area contributed by atoms with Crippen molar-refractivity contribution in [3.63, 3.8) is 0 Å². The summed E-state index contributed by atoms with van der Waals surface area (Å²) in [5.41, 5.74) is 0.816. The normalized spacial score (nSPS) is 22.9. The first-order valence-corrected chi connectivity index (χ1v) is 9.61. The van der Waals surface area contributed by atoms with Crippen molar-refractivity contribution in [2.24, 2.45) is 0 Å². The van der Waals surface area contributed by atoms with Crippen molar-refractivity contribution < 1.29 is 12.8 Å². The van der Waals surface area contributed by atoms with Crippen LogP contribution >= 0.6 is 0 Å². The lowest BCUT2D eigenvalue weighted by atomic mass is 10.1. The molecule has 1 unspecified atom stereocenters. The molecule has 2 aliphatic rings. The molecule has 7 heteroatoms. The van der Waals surface area contributed by atoms with Gasteiger partial charge >= 0.3 is 0 Å². The second kappa shape index (κ2) is 5.49. The molecule has 3 heterocycles. The van der Waals surface area contributed by atoms with Gasteiger partial charge in [0, 0.05) is 32.4 Å². The van der Waals surface area contributed by atoms with Crippen LogP contribution in [0.3, 0.4) is 0 Å². The van der Waals surface area contributed by atoms with Gasteiger partial charge in [-0.15, -0.1) is 0 Å². The highest BCUT2D eigenvalue weighted by molar-refractivity contribution is 7.90. The van der Waals surface area contributed by atoms with Crippen LogP contribution in [0.15, 0.2) is 29.0 Å². The number of likely N-dealkylation sites (N-methyl/N-ethyl adjacent to an activating group) is 1. The van der Waals surface area contributed by atoms with Crippen molar-refractivity contribution in [3.05, 3.63) is 24.6 Å². The van der Waals surface area contributed by atoms with Crippen LogP contribution in [0.25, 0.3) is 11.0 Å². The van der Waals surface area contributed by atoms with Gasteiger partial charge < -0.3 is 9.32 Å². The van der Waals surface area contributed by atoms with Gasteiger partial charge in [-0.25, -0.2) is 13.4 Å². The zero-order valence-electron chi connectivity index (χ0n) is 13.2. The van der Waals surface area contributed by atoms with Gasteiger partial charge in [-0.3, -0.25) is 0 Å². The number of hydrogen-bond donors (Lipinski definition) is 0. The Morgan fingerprint density at radius 2 is 2.13 bits per heavy atom. The van der Waals surface area contributed by atoms with Crippen LogP contribution in [0.1, 0.15) is 25.7 Å². The lowest BCUT2D eigenvalue weighted by molar-refractivity contribution is 0.319. The second-order valence-electron chi connectivity index (χ2n) is 6.47. The summed E-state index contributed by atoms with van der Waals surface area (Å²) in [5, 5.41) is 0.833. The molecule has 2 aromatic rings. The second-order valence-corrected chi connectivity index (χ2v) is 8.74. The first-order valence-electron chi connectivity index (χ1n) is 8.11. The van der Waals surface area contributed by atoms with Gasteiger partial charge in [0.2, 0.25) is 10.0 Å². The van der Waals surface area contributed by atoms with E-state index < -0.39 is 10.0 Å². The quantitative estimate of drug-likeness (QED) is 0.857. The van der Waals surface area contributed by atoms with Crippen molar-refractivity contribution >= 4 is 26.8 Å². The Hall–Kier alpha value is -1.60. The van der Waals surface area contributed by atoms with E-state index in [-0.39, 0.29) is 11.3 Å². The molecule has 6 nitrogen and oxygen atoms in total. The molecule has 2 fully saturated rings. The molecular formula is C16H21N3O3S. The number of pyridine rings is 1. The van der Waals surface area contributed by atoms with Crippen molar-refractivity contribution in [1.29, 1.82) is 0 Å². The maximum atomic E-state index is 12.5. The maximum Gasteiger partial charge on any atom is 0.217 e. The Labute approximate surface area is 136 Å². The molecule has 0 aromatic carbocycles. The predicted molar refractivity (Wildman–Crippen MR) is 88.9 cm³/mol. The van der Waals surface area contributed by atoms with Gasteiger partial charge in [-0.2, -0.15) is 4.31 Å². The number of nitrogens with zero attached hydrogens (tertiary/aromatic N) is 3. The van der Waals surface area contributed by atoms with Gasteiger partial charge in [0.15, 0.2) is 0 Å². The minimum atomic E-state index is -3.13. The van der Waals surface area contributed by atoms with Crippen molar-refractivity contribution in [3.8, 4) is 0 Å². The first-order chi connectivity index (χ1) is 11.1. The molecule has 0 radical (unpaired) electrons. The Morgan fingerprint density at radius 3 is 2.91 bits per heavy atom. The van der Waals surface area contributed by atoms with Crippen LogP contribution in [-0.4, -0.2) is 49.1 Å². The van der Waals surface area contributed by atoms with E-state index >= 15 is 0 Å². The molecular weight excluding hydrogens is 314 g/mol. The maximum absolute atomic E-state index is 12.5. The molecule has 0 N–H and O–H groups in total. The fourth-order valence-corrected chi connectivity index (χ4v) is 5.17. The molecule has 124 valence electrons. The highest BCUT2D eigenvalue weighted by Crippen LogP contribution is 2.34. The number of piperidine rings is 1. The summed E-state index contributed by atoms with van der Waals surface area (Å²) in [7, 11) is -1.41. The van der Waals surface area contributed by atoms with E-state index in [1.54, 1.807) is 23.8 Å². The average molecular weight is 335 g/mol. The zero-order valence-corrected chi connectivity index (χ0v) is 14.0. The molecule has 1 aliphatic carbocycles. The molecule has 23 heavy (non-hydrogen) atoms. The third-order valence-corrected chi connectivity index (χ3v) is 7.33. The standard InChI is InChI=1S/C16H21N3O3S/c1-18(23(20,21)13-4-5-13)12-3-2-9-19(11-12)16-14-7-10-22-15(14)6-8-17-16/h6-8,10,12-13H,2-5,9,11H2,1H3. The molecule has 0 amide bonds. The van der Waals surface area contributed by atoms with E-state index in [0.29, 0.717) is 6.54 Å². The smallest absolute Gasteiger partial charge is 0.217 e. The molecule has 1 atom stereocenters. The lowest BCUT2D eigenvalue weighted by Crippen LogP contribution is -2.49. The number of sulfonamides is 1. The number of aromatic nitrogens is 1. The van der Waals surface area contributed by atoms with E-state index in [1.165, 1.54) is 0 Å². The molecule has 0 spiro atoms. The Bertz CT molecular complexity index is 813. The molecule has 1 saturated carbocycles. The fraction of sp³-hybridized carbons (Fsp3) is 0.562. The summed E-state index contributed by atoms with van der Waals surface area (Å²) in [6.45, 7) is 1.57. The summed E-state index contributed by atoms with van der Waals surface area (Å²) in [4.78, 5) is 6.69. The summed E-state index contributed by atoms with van der Waals surface area (Å²) in [6.07, 6.45) is 6.89. The molecule has 2 aromatic heterocycles. The monoisotopic (exact) mass is 335 g/mol. The zero-order chi connectivity index (χ0) is 16.0. The highest BCUT2D eigenvalue weighted by atomic mass is 32.2. The summed E-state index contributed by atoms with van der Waals surface area (Å²) >= 11 is 0. The number of hydrogen-bond acceptors (Lipinski definition) is 5. The minimum Gasteiger partial charge on any atom is -0.464 e. The summed E-state index contributed by atoms with van der Waals surface area (Å²) < 4.78 is 32.0. The van der Waals surface area contributed by atoms with Gasteiger partial charge in [0.25, 0.3) is 0 Å².